The second-order valence-corrected chi connectivity index (χ2v) is 7.97. The van der Waals surface area contributed by atoms with Gasteiger partial charge in [0.2, 0.25) is 0 Å². The van der Waals surface area contributed by atoms with Crippen molar-refractivity contribution in [2.45, 2.75) is 35.3 Å². The minimum atomic E-state index is -2.66. The van der Waals surface area contributed by atoms with E-state index in [9.17, 15) is 13.9 Å². The molecule has 25 heavy (non-hydrogen) atoms. The molecule has 1 aliphatic rings. The molecule has 0 aliphatic carbocycles. The zero-order chi connectivity index (χ0) is 17.7. The van der Waals surface area contributed by atoms with Gasteiger partial charge in [0.25, 0.3) is 5.92 Å². The lowest BCUT2D eigenvalue weighted by Gasteiger charge is -2.23. The smallest absolute Gasteiger partial charge is 0.260 e. The van der Waals surface area contributed by atoms with Crippen molar-refractivity contribution in [3.05, 3.63) is 60.2 Å². The molecule has 0 unspecified atom stereocenters. The number of aryl methyl sites for hydroxylation is 1. The highest BCUT2D eigenvalue weighted by molar-refractivity contribution is 8.00. The third-order valence-electron chi connectivity index (χ3n) is 4.45. The van der Waals surface area contributed by atoms with Gasteiger partial charge in [-0.3, -0.25) is 4.90 Å². The van der Waals surface area contributed by atoms with Crippen molar-refractivity contribution in [1.82, 2.24) is 4.90 Å². The molecule has 1 aliphatic heterocycles. The maximum atomic E-state index is 14.3. The summed E-state index contributed by atoms with van der Waals surface area (Å²) in [6.07, 6.45) is 1.22. The van der Waals surface area contributed by atoms with Crippen molar-refractivity contribution in [3.8, 4) is 5.75 Å². The summed E-state index contributed by atoms with van der Waals surface area (Å²) in [5.41, 5.74) is 0.962. The van der Waals surface area contributed by atoms with Gasteiger partial charge in [0.15, 0.2) is 0 Å². The molecule has 0 aromatic heterocycles. The largest absolute Gasteiger partial charge is 0.508 e. The van der Waals surface area contributed by atoms with E-state index in [1.807, 2.05) is 47.4 Å². The number of phenolic OH excluding ortho intramolecular Hbond substituents is 1. The molecule has 5 heteroatoms. The SMILES string of the molecule is Oc1ccc(S[C@@H]2CCN(CC(F)(F)CCc3ccccc3)C2)cc1. The van der Waals surface area contributed by atoms with Crippen molar-refractivity contribution in [1.29, 1.82) is 0 Å². The summed E-state index contributed by atoms with van der Waals surface area (Å²) < 4.78 is 28.6. The van der Waals surface area contributed by atoms with E-state index < -0.39 is 5.92 Å². The van der Waals surface area contributed by atoms with Crippen molar-refractivity contribution in [2.75, 3.05) is 19.6 Å². The van der Waals surface area contributed by atoms with Crippen molar-refractivity contribution < 1.29 is 13.9 Å². The van der Waals surface area contributed by atoms with Crippen molar-refractivity contribution in [2.24, 2.45) is 0 Å². The van der Waals surface area contributed by atoms with E-state index in [1.165, 1.54) is 0 Å². The molecule has 0 bridgehead atoms. The first-order chi connectivity index (χ1) is 12.0. The number of likely N-dealkylation sites (tertiary alicyclic amines) is 1. The molecular weight excluding hydrogens is 340 g/mol. The number of hydrogen-bond donors (Lipinski definition) is 1. The number of rotatable bonds is 7. The highest BCUT2D eigenvalue weighted by Gasteiger charge is 2.34. The number of thioether (sulfide) groups is 1. The molecule has 0 radical (unpaired) electrons. The van der Waals surface area contributed by atoms with E-state index in [1.54, 1.807) is 23.9 Å². The van der Waals surface area contributed by atoms with E-state index in [-0.39, 0.29) is 18.7 Å². The molecule has 2 aromatic rings. The Hall–Kier alpha value is -1.59. The number of alkyl halides is 2. The predicted molar refractivity (Wildman–Crippen MR) is 98.5 cm³/mol. The summed E-state index contributed by atoms with van der Waals surface area (Å²) >= 11 is 1.70. The molecule has 1 atom stereocenters. The number of halogens is 2. The monoisotopic (exact) mass is 363 g/mol. The van der Waals surface area contributed by atoms with Crippen molar-refractivity contribution >= 4 is 11.8 Å². The van der Waals surface area contributed by atoms with Crippen LogP contribution in [-0.4, -0.2) is 40.8 Å². The van der Waals surface area contributed by atoms with Crippen LogP contribution in [0.4, 0.5) is 8.78 Å². The van der Waals surface area contributed by atoms with Crippen molar-refractivity contribution in [3.63, 3.8) is 0 Å². The van der Waals surface area contributed by atoms with E-state index >= 15 is 0 Å². The first kappa shape index (κ1) is 18.2. The quantitative estimate of drug-likeness (QED) is 0.762. The lowest BCUT2D eigenvalue weighted by molar-refractivity contribution is -0.0339. The molecule has 0 saturated carbocycles. The summed E-state index contributed by atoms with van der Waals surface area (Å²) in [6, 6.07) is 16.5. The number of phenols is 1. The topological polar surface area (TPSA) is 23.5 Å². The van der Waals surface area contributed by atoms with Gasteiger partial charge in [-0.25, -0.2) is 8.78 Å². The summed E-state index contributed by atoms with van der Waals surface area (Å²) in [4.78, 5) is 2.95. The van der Waals surface area contributed by atoms with Crippen LogP contribution in [-0.2, 0) is 6.42 Å². The maximum Gasteiger partial charge on any atom is 0.260 e. The zero-order valence-corrected chi connectivity index (χ0v) is 14.9. The van der Waals surface area contributed by atoms with E-state index in [2.05, 4.69) is 0 Å². The fourth-order valence-corrected chi connectivity index (χ4v) is 4.32. The highest BCUT2D eigenvalue weighted by atomic mass is 32.2. The number of aromatic hydroxyl groups is 1. The van der Waals surface area contributed by atoms with Gasteiger partial charge in [0.05, 0.1) is 6.54 Å². The second kappa shape index (κ2) is 8.19. The normalized spacial score (nSPS) is 18.6. The third kappa shape index (κ3) is 5.72. The van der Waals surface area contributed by atoms with Crippen LogP contribution in [0.3, 0.4) is 0 Å². The van der Waals surface area contributed by atoms with Gasteiger partial charge in [0.1, 0.15) is 5.75 Å². The molecule has 3 rings (SSSR count). The first-order valence-corrected chi connectivity index (χ1v) is 9.48. The Kier molecular flexibility index (Phi) is 5.97. The van der Waals surface area contributed by atoms with Crippen LogP contribution >= 0.6 is 11.8 Å². The molecule has 0 spiro atoms. The summed E-state index contributed by atoms with van der Waals surface area (Å²) in [7, 11) is 0. The van der Waals surface area contributed by atoms with Crippen LogP contribution in [0.2, 0.25) is 0 Å². The standard InChI is InChI=1S/C20H23F2NOS/c21-20(22,12-10-16-4-2-1-3-5-16)15-23-13-11-19(14-23)25-18-8-6-17(24)7-9-18/h1-9,19,24H,10-15H2/t19-/m1/s1. The van der Waals surface area contributed by atoms with Crippen LogP contribution in [0.15, 0.2) is 59.5 Å². The van der Waals surface area contributed by atoms with Gasteiger partial charge in [-0.2, -0.15) is 0 Å². The highest BCUT2D eigenvalue weighted by Crippen LogP contribution is 2.32. The average molecular weight is 363 g/mol. The van der Waals surface area contributed by atoms with Gasteiger partial charge in [-0.1, -0.05) is 30.3 Å². The maximum absolute atomic E-state index is 14.3. The molecule has 1 heterocycles. The van der Waals surface area contributed by atoms with Gasteiger partial charge >= 0.3 is 0 Å². The second-order valence-electron chi connectivity index (χ2n) is 6.60. The van der Waals surface area contributed by atoms with Crippen LogP contribution in [0.25, 0.3) is 0 Å². The Bertz CT molecular complexity index is 663. The fourth-order valence-electron chi connectivity index (χ4n) is 3.13. The lowest BCUT2D eigenvalue weighted by Crippen LogP contribution is -2.36. The molecule has 1 saturated heterocycles. The van der Waals surface area contributed by atoms with E-state index in [4.69, 9.17) is 0 Å². The Labute approximate surface area is 151 Å². The molecule has 2 aromatic carbocycles. The Morgan fingerprint density at radius 2 is 1.80 bits per heavy atom. The van der Waals surface area contributed by atoms with Crippen LogP contribution in [0.5, 0.6) is 5.75 Å². The minimum Gasteiger partial charge on any atom is -0.508 e. The van der Waals surface area contributed by atoms with Gasteiger partial charge in [-0.15, -0.1) is 11.8 Å². The molecule has 1 fully saturated rings. The van der Waals surface area contributed by atoms with Crippen LogP contribution in [0, 0.1) is 0 Å². The zero-order valence-electron chi connectivity index (χ0n) is 14.1. The average Bonchev–Trinajstić information content (AvgIpc) is 3.02. The van der Waals surface area contributed by atoms with E-state index in [0.29, 0.717) is 18.2 Å². The first-order valence-electron chi connectivity index (χ1n) is 8.60. The summed E-state index contributed by atoms with van der Waals surface area (Å²) in [6.45, 7) is 1.25. The lowest BCUT2D eigenvalue weighted by atomic mass is 10.1. The number of benzene rings is 2. The van der Waals surface area contributed by atoms with Gasteiger partial charge in [-0.05, 0) is 49.2 Å². The predicted octanol–water partition coefficient (Wildman–Crippen LogP) is 4.83. The van der Waals surface area contributed by atoms with Crippen LogP contribution < -0.4 is 0 Å². The minimum absolute atomic E-state index is 0.108. The van der Waals surface area contributed by atoms with Crippen LogP contribution in [0.1, 0.15) is 18.4 Å². The third-order valence-corrected chi connectivity index (χ3v) is 5.71. The molecule has 2 nitrogen and oxygen atoms in total. The Morgan fingerprint density at radius 1 is 1.08 bits per heavy atom. The Morgan fingerprint density at radius 3 is 2.52 bits per heavy atom. The molecular formula is C20H23F2NOS. The Balaban J connectivity index is 1.45. The molecule has 0 amide bonds. The van der Waals surface area contributed by atoms with E-state index in [0.717, 1.165) is 23.4 Å². The molecule has 1 N–H and O–H groups in total. The number of hydrogen-bond acceptors (Lipinski definition) is 3. The molecule has 134 valence electrons. The summed E-state index contributed by atoms with van der Waals surface area (Å²) in [5, 5.41) is 9.65. The van der Waals surface area contributed by atoms with Gasteiger partial charge < -0.3 is 5.11 Å². The van der Waals surface area contributed by atoms with Gasteiger partial charge in [0, 0.05) is 23.1 Å². The summed E-state index contributed by atoms with van der Waals surface area (Å²) in [5.74, 6) is -2.41. The number of nitrogens with zero attached hydrogens (tertiary/aromatic N) is 1. The fraction of sp³-hybridized carbons (Fsp3) is 0.400.